The summed E-state index contributed by atoms with van der Waals surface area (Å²) >= 11 is 0. The lowest BCUT2D eigenvalue weighted by atomic mass is 9.98. The van der Waals surface area contributed by atoms with Gasteiger partial charge in [0, 0.05) is 5.56 Å². The number of aryl methyl sites for hydroxylation is 1. The smallest absolute Gasteiger partial charge is 0.199 e. The van der Waals surface area contributed by atoms with E-state index in [-0.39, 0.29) is 4.90 Å². The molecule has 0 N–H and O–H groups in total. The predicted octanol–water partition coefficient (Wildman–Crippen LogP) is 4.16. The Labute approximate surface area is 158 Å². The lowest BCUT2D eigenvalue weighted by molar-refractivity contribution is 0.577. The summed E-state index contributed by atoms with van der Waals surface area (Å²) in [5.41, 5.74) is 4.33. The predicted molar refractivity (Wildman–Crippen MR) is 105 cm³/mol. The summed E-state index contributed by atoms with van der Waals surface area (Å²) in [4.78, 5) is 0.181. The number of nitrogens with zero attached hydrogens (tertiary/aromatic N) is 3. The molecule has 0 aliphatic carbocycles. The molecule has 134 valence electrons. The molecule has 4 rings (SSSR count). The Balaban J connectivity index is 1.77. The van der Waals surface area contributed by atoms with E-state index in [0.29, 0.717) is 5.69 Å². The van der Waals surface area contributed by atoms with Crippen molar-refractivity contribution >= 4 is 10.0 Å². The third-order valence-corrected chi connectivity index (χ3v) is 5.87. The van der Waals surface area contributed by atoms with Gasteiger partial charge in [-0.2, -0.15) is 8.42 Å². The number of hydrogen-bond donors (Lipinski definition) is 0. The summed E-state index contributed by atoms with van der Waals surface area (Å²) in [6.45, 7) is 1.91. The largest absolute Gasteiger partial charge is 0.284 e. The highest BCUT2D eigenvalue weighted by Gasteiger charge is 2.20. The number of benzene rings is 3. The van der Waals surface area contributed by atoms with E-state index in [2.05, 4.69) is 10.3 Å². The van der Waals surface area contributed by atoms with Gasteiger partial charge in [-0.15, -0.1) is 9.19 Å². The van der Waals surface area contributed by atoms with Gasteiger partial charge in [-0.1, -0.05) is 77.5 Å². The minimum absolute atomic E-state index is 0.181. The van der Waals surface area contributed by atoms with Gasteiger partial charge in [0.25, 0.3) is 10.0 Å². The van der Waals surface area contributed by atoms with Crippen LogP contribution in [0.1, 0.15) is 5.56 Å². The number of aromatic nitrogens is 3. The SMILES string of the molecule is Cc1ccc(S(=O)(=O)n2cc(-c3ccccc3-c3ccccc3)nn2)cc1. The second-order valence-corrected chi connectivity index (χ2v) is 8.00. The quantitative estimate of drug-likeness (QED) is 0.537. The Morgan fingerprint density at radius 1 is 0.778 bits per heavy atom. The molecular formula is C21H17N3O2S. The third kappa shape index (κ3) is 3.27. The van der Waals surface area contributed by atoms with Crippen molar-refractivity contribution in [2.45, 2.75) is 11.8 Å². The maximum Gasteiger partial charge on any atom is 0.284 e. The minimum atomic E-state index is -3.78. The summed E-state index contributed by atoms with van der Waals surface area (Å²) in [6, 6.07) is 24.3. The zero-order valence-corrected chi connectivity index (χ0v) is 15.5. The van der Waals surface area contributed by atoms with Crippen LogP contribution in [0.3, 0.4) is 0 Å². The first-order chi connectivity index (χ1) is 13.1. The van der Waals surface area contributed by atoms with Crippen molar-refractivity contribution in [3.63, 3.8) is 0 Å². The minimum Gasteiger partial charge on any atom is -0.199 e. The molecule has 1 aromatic heterocycles. The highest BCUT2D eigenvalue weighted by atomic mass is 32.2. The highest BCUT2D eigenvalue weighted by Crippen LogP contribution is 2.30. The topological polar surface area (TPSA) is 64.8 Å². The van der Waals surface area contributed by atoms with Gasteiger partial charge in [0.1, 0.15) is 5.69 Å². The fourth-order valence-electron chi connectivity index (χ4n) is 2.88. The Morgan fingerprint density at radius 2 is 1.41 bits per heavy atom. The van der Waals surface area contributed by atoms with Crippen molar-refractivity contribution in [2.24, 2.45) is 0 Å². The van der Waals surface area contributed by atoms with Gasteiger partial charge < -0.3 is 0 Å². The molecule has 27 heavy (non-hydrogen) atoms. The zero-order chi connectivity index (χ0) is 18.9. The molecule has 0 atom stereocenters. The Morgan fingerprint density at radius 3 is 2.11 bits per heavy atom. The van der Waals surface area contributed by atoms with Crippen LogP contribution < -0.4 is 0 Å². The molecule has 0 aliphatic heterocycles. The first-order valence-electron chi connectivity index (χ1n) is 8.45. The normalized spacial score (nSPS) is 11.4. The second-order valence-electron chi connectivity index (χ2n) is 6.21. The lowest BCUT2D eigenvalue weighted by Crippen LogP contribution is -2.13. The molecule has 3 aromatic carbocycles. The molecule has 0 bridgehead atoms. The maximum atomic E-state index is 12.8. The summed E-state index contributed by atoms with van der Waals surface area (Å²) in [6.07, 6.45) is 1.46. The molecule has 0 spiro atoms. The van der Waals surface area contributed by atoms with Crippen molar-refractivity contribution in [1.29, 1.82) is 0 Å². The van der Waals surface area contributed by atoms with Gasteiger partial charge in [-0.05, 0) is 30.2 Å². The summed E-state index contributed by atoms with van der Waals surface area (Å²) in [5.74, 6) is 0. The van der Waals surface area contributed by atoms with E-state index in [9.17, 15) is 8.42 Å². The van der Waals surface area contributed by atoms with E-state index >= 15 is 0 Å². The molecule has 0 saturated heterocycles. The highest BCUT2D eigenvalue weighted by molar-refractivity contribution is 7.89. The fourth-order valence-corrected chi connectivity index (χ4v) is 3.95. The van der Waals surface area contributed by atoms with Crippen LogP contribution in [0.2, 0.25) is 0 Å². The van der Waals surface area contributed by atoms with Crippen molar-refractivity contribution in [3.8, 4) is 22.4 Å². The van der Waals surface area contributed by atoms with Crippen LogP contribution in [0.25, 0.3) is 22.4 Å². The van der Waals surface area contributed by atoms with Gasteiger partial charge in [-0.3, -0.25) is 0 Å². The van der Waals surface area contributed by atoms with Crippen LogP contribution in [0.5, 0.6) is 0 Å². The first kappa shape index (κ1) is 17.2. The van der Waals surface area contributed by atoms with Gasteiger partial charge in [0.05, 0.1) is 11.1 Å². The number of rotatable bonds is 4. The Kier molecular flexibility index (Phi) is 4.33. The van der Waals surface area contributed by atoms with Gasteiger partial charge in [-0.25, -0.2) is 0 Å². The molecule has 0 aliphatic rings. The van der Waals surface area contributed by atoms with Crippen molar-refractivity contribution in [3.05, 3.63) is 90.6 Å². The van der Waals surface area contributed by atoms with Crippen LogP contribution in [0.15, 0.2) is 90.0 Å². The summed E-state index contributed by atoms with van der Waals surface area (Å²) in [5, 5.41) is 7.99. The number of hydrogen-bond acceptors (Lipinski definition) is 4. The monoisotopic (exact) mass is 375 g/mol. The average molecular weight is 375 g/mol. The van der Waals surface area contributed by atoms with Crippen molar-refractivity contribution in [2.75, 3.05) is 0 Å². The second kappa shape index (κ2) is 6.81. The van der Waals surface area contributed by atoms with Crippen LogP contribution in [-0.2, 0) is 10.0 Å². The zero-order valence-electron chi connectivity index (χ0n) is 14.6. The van der Waals surface area contributed by atoms with Crippen LogP contribution >= 0.6 is 0 Å². The van der Waals surface area contributed by atoms with Gasteiger partial charge in [0.2, 0.25) is 0 Å². The summed E-state index contributed by atoms with van der Waals surface area (Å²) in [7, 11) is -3.78. The first-order valence-corrected chi connectivity index (χ1v) is 9.89. The van der Waals surface area contributed by atoms with E-state index in [1.54, 1.807) is 24.3 Å². The lowest BCUT2D eigenvalue weighted by Gasteiger charge is -2.07. The van der Waals surface area contributed by atoms with E-state index in [4.69, 9.17) is 0 Å². The summed E-state index contributed by atoms with van der Waals surface area (Å²) < 4.78 is 26.5. The maximum absolute atomic E-state index is 12.8. The van der Waals surface area contributed by atoms with Crippen LogP contribution in [0.4, 0.5) is 0 Å². The Hall–Kier alpha value is -3.25. The van der Waals surface area contributed by atoms with E-state index in [1.807, 2.05) is 61.5 Å². The molecule has 6 heteroatoms. The van der Waals surface area contributed by atoms with Crippen molar-refractivity contribution in [1.82, 2.24) is 14.4 Å². The molecule has 5 nitrogen and oxygen atoms in total. The van der Waals surface area contributed by atoms with Crippen molar-refractivity contribution < 1.29 is 8.42 Å². The fraction of sp³-hybridized carbons (Fsp3) is 0.0476. The molecule has 1 heterocycles. The molecule has 0 saturated carbocycles. The molecule has 0 unspecified atom stereocenters. The third-order valence-electron chi connectivity index (χ3n) is 4.33. The van der Waals surface area contributed by atoms with Gasteiger partial charge in [0.15, 0.2) is 0 Å². The average Bonchev–Trinajstić information content (AvgIpc) is 3.20. The van der Waals surface area contributed by atoms with Crippen LogP contribution in [0, 0.1) is 6.92 Å². The molecule has 4 aromatic rings. The van der Waals surface area contributed by atoms with Gasteiger partial charge >= 0.3 is 0 Å². The van der Waals surface area contributed by atoms with Crippen LogP contribution in [-0.4, -0.2) is 22.8 Å². The molecule has 0 amide bonds. The molecule has 0 radical (unpaired) electrons. The standard InChI is InChI=1S/C21H17N3O2S/c1-16-11-13-18(14-12-16)27(25,26)24-15-21(22-23-24)20-10-6-5-9-19(20)17-7-3-2-4-8-17/h2-15H,1H3. The van der Waals surface area contributed by atoms with E-state index in [1.165, 1.54) is 6.20 Å². The van der Waals surface area contributed by atoms with E-state index < -0.39 is 10.0 Å². The molecular weight excluding hydrogens is 358 g/mol. The Bertz CT molecular complexity index is 1180. The molecule has 0 fully saturated rings. The van der Waals surface area contributed by atoms with E-state index in [0.717, 1.165) is 26.3 Å².